The van der Waals surface area contributed by atoms with Gasteiger partial charge in [0.15, 0.2) is 11.6 Å². The van der Waals surface area contributed by atoms with E-state index in [0.29, 0.717) is 5.56 Å². The minimum atomic E-state index is -1.30. The van der Waals surface area contributed by atoms with Crippen LogP contribution in [0.1, 0.15) is 18.1 Å². The fourth-order valence-corrected chi connectivity index (χ4v) is 1.87. The molecule has 0 fully saturated rings. The predicted molar refractivity (Wildman–Crippen MR) is 63.4 cm³/mol. The highest BCUT2D eigenvalue weighted by Crippen LogP contribution is 2.29. The number of nitrogens with two attached hydrogens (primary N) is 1. The first-order valence-electron chi connectivity index (χ1n) is 5.42. The Morgan fingerprint density at radius 2 is 1.67 bits per heavy atom. The molecule has 0 radical (unpaired) electrons. The summed E-state index contributed by atoms with van der Waals surface area (Å²) in [5, 5.41) is 0. The SMILES string of the molecule is CC(N)(c1cccc(F)c1)c1cccc(F)c1F. The summed E-state index contributed by atoms with van der Waals surface area (Å²) in [4.78, 5) is 0. The van der Waals surface area contributed by atoms with Crippen molar-refractivity contribution in [2.24, 2.45) is 5.73 Å². The van der Waals surface area contributed by atoms with Gasteiger partial charge in [-0.15, -0.1) is 0 Å². The summed E-state index contributed by atoms with van der Waals surface area (Å²) < 4.78 is 40.1. The van der Waals surface area contributed by atoms with Crippen molar-refractivity contribution in [3.8, 4) is 0 Å². The quantitative estimate of drug-likeness (QED) is 0.870. The molecule has 0 saturated heterocycles. The van der Waals surface area contributed by atoms with E-state index in [9.17, 15) is 13.2 Å². The second-order valence-corrected chi connectivity index (χ2v) is 4.31. The second-order valence-electron chi connectivity index (χ2n) is 4.31. The van der Waals surface area contributed by atoms with Crippen LogP contribution >= 0.6 is 0 Å². The van der Waals surface area contributed by atoms with Gasteiger partial charge in [0.25, 0.3) is 0 Å². The van der Waals surface area contributed by atoms with Crippen molar-refractivity contribution >= 4 is 0 Å². The first-order valence-corrected chi connectivity index (χ1v) is 5.42. The number of hydrogen-bond donors (Lipinski definition) is 1. The molecule has 0 bridgehead atoms. The summed E-state index contributed by atoms with van der Waals surface area (Å²) in [6.07, 6.45) is 0. The molecule has 0 aliphatic heterocycles. The van der Waals surface area contributed by atoms with Gasteiger partial charge in [-0.1, -0.05) is 24.3 Å². The Labute approximate surface area is 103 Å². The van der Waals surface area contributed by atoms with Gasteiger partial charge in [-0.05, 0) is 30.7 Å². The van der Waals surface area contributed by atoms with Crippen LogP contribution < -0.4 is 5.73 Å². The third-order valence-corrected chi connectivity index (χ3v) is 2.94. The molecule has 0 saturated carbocycles. The van der Waals surface area contributed by atoms with Crippen molar-refractivity contribution < 1.29 is 13.2 Å². The molecule has 2 rings (SSSR count). The fourth-order valence-electron chi connectivity index (χ4n) is 1.87. The van der Waals surface area contributed by atoms with Crippen LogP contribution in [0.3, 0.4) is 0 Å². The molecule has 4 heteroatoms. The average Bonchev–Trinajstić information content (AvgIpc) is 2.32. The van der Waals surface area contributed by atoms with Crippen LogP contribution in [0.25, 0.3) is 0 Å². The van der Waals surface area contributed by atoms with E-state index in [2.05, 4.69) is 0 Å². The third-order valence-electron chi connectivity index (χ3n) is 2.94. The lowest BCUT2D eigenvalue weighted by molar-refractivity contribution is 0.467. The van der Waals surface area contributed by atoms with Crippen molar-refractivity contribution in [1.82, 2.24) is 0 Å². The Hall–Kier alpha value is -1.81. The second kappa shape index (κ2) is 4.46. The maximum Gasteiger partial charge on any atom is 0.164 e. The Morgan fingerprint density at radius 3 is 2.33 bits per heavy atom. The molecule has 0 spiro atoms. The van der Waals surface area contributed by atoms with E-state index in [-0.39, 0.29) is 5.56 Å². The summed E-state index contributed by atoms with van der Waals surface area (Å²) in [6.45, 7) is 1.51. The molecule has 2 aromatic rings. The third kappa shape index (κ3) is 2.11. The van der Waals surface area contributed by atoms with Gasteiger partial charge >= 0.3 is 0 Å². The molecule has 0 aromatic heterocycles. The summed E-state index contributed by atoms with van der Waals surface area (Å²) in [5.74, 6) is -2.45. The maximum absolute atomic E-state index is 13.7. The Morgan fingerprint density at radius 1 is 1.00 bits per heavy atom. The molecular formula is C14H12F3N. The van der Waals surface area contributed by atoms with Crippen molar-refractivity contribution in [2.45, 2.75) is 12.5 Å². The largest absolute Gasteiger partial charge is 0.318 e. The van der Waals surface area contributed by atoms with E-state index in [1.165, 1.54) is 37.3 Å². The first-order chi connectivity index (χ1) is 8.43. The van der Waals surface area contributed by atoms with E-state index in [1.807, 2.05) is 0 Å². The lowest BCUT2D eigenvalue weighted by Crippen LogP contribution is -2.35. The maximum atomic E-state index is 13.7. The fraction of sp³-hybridized carbons (Fsp3) is 0.143. The van der Waals surface area contributed by atoms with E-state index < -0.39 is 23.0 Å². The van der Waals surface area contributed by atoms with Crippen molar-refractivity contribution in [1.29, 1.82) is 0 Å². The molecule has 1 nitrogen and oxygen atoms in total. The normalized spacial score (nSPS) is 14.3. The average molecular weight is 251 g/mol. The van der Waals surface area contributed by atoms with Gasteiger partial charge in [-0.2, -0.15) is 0 Å². The first kappa shape index (κ1) is 12.6. The molecule has 0 aliphatic carbocycles. The zero-order valence-corrected chi connectivity index (χ0v) is 9.75. The number of rotatable bonds is 2. The van der Waals surface area contributed by atoms with E-state index in [4.69, 9.17) is 5.73 Å². The van der Waals surface area contributed by atoms with Gasteiger partial charge in [0.2, 0.25) is 0 Å². The Kier molecular flexibility index (Phi) is 3.13. The van der Waals surface area contributed by atoms with E-state index in [1.54, 1.807) is 6.07 Å². The summed E-state index contributed by atoms with van der Waals surface area (Å²) in [5.41, 5.74) is 5.10. The molecule has 94 valence electrons. The van der Waals surface area contributed by atoms with Crippen LogP contribution in [-0.2, 0) is 5.54 Å². The molecule has 0 heterocycles. The molecule has 18 heavy (non-hydrogen) atoms. The minimum Gasteiger partial charge on any atom is -0.318 e. The number of benzene rings is 2. The molecule has 2 N–H and O–H groups in total. The minimum absolute atomic E-state index is 0.00639. The lowest BCUT2D eigenvalue weighted by Gasteiger charge is -2.26. The van der Waals surface area contributed by atoms with Crippen LogP contribution in [0.4, 0.5) is 13.2 Å². The molecule has 0 amide bonds. The van der Waals surface area contributed by atoms with Gasteiger partial charge in [-0.3, -0.25) is 0 Å². The number of hydrogen-bond acceptors (Lipinski definition) is 1. The molecule has 2 aromatic carbocycles. The number of halogens is 3. The highest BCUT2D eigenvalue weighted by molar-refractivity contribution is 5.38. The predicted octanol–water partition coefficient (Wildman–Crippen LogP) is 3.33. The van der Waals surface area contributed by atoms with Crippen LogP contribution in [0.15, 0.2) is 42.5 Å². The standard InChI is InChI=1S/C14H12F3N/c1-14(18,9-4-2-5-10(15)8-9)11-6-3-7-12(16)13(11)17/h2-8H,18H2,1H3. The smallest absolute Gasteiger partial charge is 0.164 e. The molecule has 1 unspecified atom stereocenters. The zero-order valence-electron chi connectivity index (χ0n) is 9.75. The summed E-state index contributed by atoms with van der Waals surface area (Å²) in [7, 11) is 0. The topological polar surface area (TPSA) is 26.0 Å². The van der Waals surface area contributed by atoms with Crippen molar-refractivity contribution in [2.75, 3.05) is 0 Å². The van der Waals surface area contributed by atoms with Gasteiger partial charge in [0, 0.05) is 5.56 Å². The highest BCUT2D eigenvalue weighted by Gasteiger charge is 2.28. The monoisotopic (exact) mass is 251 g/mol. The van der Waals surface area contributed by atoms with Gasteiger partial charge < -0.3 is 5.73 Å². The Bertz CT molecular complexity index is 579. The molecule has 0 aliphatic rings. The zero-order chi connectivity index (χ0) is 13.3. The summed E-state index contributed by atoms with van der Waals surface area (Å²) >= 11 is 0. The van der Waals surface area contributed by atoms with Crippen molar-refractivity contribution in [3.63, 3.8) is 0 Å². The van der Waals surface area contributed by atoms with Crippen molar-refractivity contribution in [3.05, 3.63) is 71.0 Å². The molecular weight excluding hydrogens is 239 g/mol. The van der Waals surface area contributed by atoms with Crippen LogP contribution in [0.5, 0.6) is 0 Å². The Balaban J connectivity index is 2.57. The van der Waals surface area contributed by atoms with Gasteiger partial charge in [0.05, 0.1) is 5.54 Å². The lowest BCUT2D eigenvalue weighted by atomic mass is 9.85. The molecule has 1 atom stereocenters. The highest BCUT2D eigenvalue weighted by atomic mass is 19.2. The van der Waals surface area contributed by atoms with Crippen LogP contribution in [0.2, 0.25) is 0 Å². The summed E-state index contributed by atoms with van der Waals surface area (Å²) in [6, 6.07) is 9.31. The van der Waals surface area contributed by atoms with Gasteiger partial charge in [0.1, 0.15) is 5.82 Å². The van der Waals surface area contributed by atoms with Crippen LogP contribution in [-0.4, -0.2) is 0 Å². The van der Waals surface area contributed by atoms with E-state index >= 15 is 0 Å². The van der Waals surface area contributed by atoms with Crippen LogP contribution in [0, 0.1) is 17.5 Å². The van der Waals surface area contributed by atoms with Gasteiger partial charge in [-0.25, -0.2) is 13.2 Å². The van der Waals surface area contributed by atoms with E-state index in [0.717, 1.165) is 6.07 Å².